The number of pyridine rings is 1. The molecule has 0 atom stereocenters. The second-order valence-electron chi connectivity index (χ2n) is 4.43. The summed E-state index contributed by atoms with van der Waals surface area (Å²) in [7, 11) is 0. The second kappa shape index (κ2) is 4.22. The van der Waals surface area contributed by atoms with Gasteiger partial charge in [-0.05, 0) is 38.3 Å². The Balaban J connectivity index is 2.11. The lowest BCUT2D eigenvalue weighted by atomic mass is 9.76. The van der Waals surface area contributed by atoms with E-state index in [2.05, 4.69) is 10.3 Å². The molecule has 4 heteroatoms. The van der Waals surface area contributed by atoms with Crippen LogP contribution in [0.3, 0.4) is 0 Å². The summed E-state index contributed by atoms with van der Waals surface area (Å²) in [6.45, 7) is 2.35. The Morgan fingerprint density at radius 1 is 1.62 bits per heavy atom. The molecule has 1 saturated carbocycles. The molecule has 4 nitrogen and oxygen atoms in total. The van der Waals surface area contributed by atoms with E-state index >= 15 is 0 Å². The molecule has 1 aliphatic rings. The highest BCUT2D eigenvalue weighted by Crippen LogP contribution is 2.30. The number of rotatable bonds is 3. The van der Waals surface area contributed by atoms with Crippen molar-refractivity contribution in [2.45, 2.75) is 31.7 Å². The van der Waals surface area contributed by atoms with Crippen molar-refractivity contribution in [2.24, 2.45) is 5.73 Å². The third-order valence-corrected chi connectivity index (χ3v) is 3.33. The van der Waals surface area contributed by atoms with Crippen LogP contribution in [0.4, 0.5) is 0 Å². The smallest absolute Gasteiger partial charge is 0.253 e. The fraction of sp³-hybridized carbons (Fsp3) is 0.500. The predicted octanol–water partition coefficient (Wildman–Crippen LogP) is 1.00. The van der Waals surface area contributed by atoms with E-state index in [4.69, 9.17) is 5.73 Å². The van der Waals surface area contributed by atoms with Crippen LogP contribution in [0.25, 0.3) is 0 Å². The monoisotopic (exact) mass is 219 g/mol. The number of amides is 1. The Labute approximate surface area is 95.3 Å². The number of nitrogens with two attached hydrogens (primary N) is 1. The SMILES string of the molecule is Cc1ncccc1C(=O)NC1(CN)CCC1. The number of aryl methyl sites for hydroxylation is 1. The van der Waals surface area contributed by atoms with Gasteiger partial charge >= 0.3 is 0 Å². The highest BCUT2D eigenvalue weighted by molar-refractivity contribution is 5.95. The second-order valence-corrected chi connectivity index (χ2v) is 4.43. The first-order valence-corrected chi connectivity index (χ1v) is 5.61. The summed E-state index contributed by atoms with van der Waals surface area (Å²) in [4.78, 5) is 16.1. The third kappa shape index (κ3) is 1.93. The van der Waals surface area contributed by atoms with Gasteiger partial charge in [0.1, 0.15) is 0 Å². The van der Waals surface area contributed by atoms with Crippen LogP contribution in [0.2, 0.25) is 0 Å². The van der Waals surface area contributed by atoms with Crippen LogP contribution >= 0.6 is 0 Å². The van der Waals surface area contributed by atoms with Gasteiger partial charge in [0.2, 0.25) is 0 Å². The Kier molecular flexibility index (Phi) is 2.92. The molecule has 0 aliphatic heterocycles. The fourth-order valence-electron chi connectivity index (χ4n) is 2.02. The first-order valence-electron chi connectivity index (χ1n) is 5.61. The molecule has 2 rings (SSSR count). The van der Waals surface area contributed by atoms with Crippen LogP contribution in [0, 0.1) is 6.92 Å². The number of carbonyl (C=O) groups excluding carboxylic acids is 1. The van der Waals surface area contributed by atoms with Gasteiger partial charge in [-0.15, -0.1) is 0 Å². The molecule has 3 N–H and O–H groups in total. The number of carbonyl (C=O) groups is 1. The third-order valence-electron chi connectivity index (χ3n) is 3.33. The van der Waals surface area contributed by atoms with Crippen molar-refractivity contribution in [2.75, 3.05) is 6.54 Å². The van der Waals surface area contributed by atoms with Crippen molar-refractivity contribution in [1.29, 1.82) is 0 Å². The van der Waals surface area contributed by atoms with Crippen LogP contribution in [0.15, 0.2) is 18.3 Å². The molecule has 1 aromatic heterocycles. The molecule has 0 aromatic carbocycles. The highest BCUT2D eigenvalue weighted by atomic mass is 16.1. The van der Waals surface area contributed by atoms with Gasteiger partial charge in [0, 0.05) is 18.4 Å². The van der Waals surface area contributed by atoms with Gasteiger partial charge in [0.25, 0.3) is 5.91 Å². The van der Waals surface area contributed by atoms with E-state index in [1.165, 1.54) is 0 Å². The molecular weight excluding hydrogens is 202 g/mol. The fourth-order valence-corrected chi connectivity index (χ4v) is 2.02. The topological polar surface area (TPSA) is 68.0 Å². The number of aromatic nitrogens is 1. The molecule has 86 valence electrons. The lowest BCUT2D eigenvalue weighted by Gasteiger charge is -2.41. The zero-order chi connectivity index (χ0) is 11.6. The average molecular weight is 219 g/mol. The van der Waals surface area contributed by atoms with Gasteiger partial charge in [-0.3, -0.25) is 9.78 Å². The van der Waals surface area contributed by atoms with Gasteiger partial charge in [-0.1, -0.05) is 0 Å². The molecule has 0 saturated heterocycles. The predicted molar refractivity (Wildman–Crippen MR) is 62.1 cm³/mol. The van der Waals surface area contributed by atoms with Crippen molar-refractivity contribution in [3.63, 3.8) is 0 Å². The van der Waals surface area contributed by atoms with E-state index in [0.29, 0.717) is 12.1 Å². The van der Waals surface area contributed by atoms with E-state index in [-0.39, 0.29) is 11.4 Å². The summed E-state index contributed by atoms with van der Waals surface area (Å²) >= 11 is 0. The van der Waals surface area contributed by atoms with Crippen LogP contribution < -0.4 is 11.1 Å². The molecular formula is C12H17N3O. The van der Waals surface area contributed by atoms with Crippen molar-refractivity contribution in [3.8, 4) is 0 Å². The maximum atomic E-state index is 12.0. The van der Waals surface area contributed by atoms with E-state index in [1.807, 2.05) is 6.92 Å². The molecule has 1 aliphatic carbocycles. The number of hydrogen-bond donors (Lipinski definition) is 2. The van der Waals surface area contributed by atoms with Crippen molar-refractivity contribution in [3.05, 3.63) is 29.6 Å². The molecule has 0 radical (unpaired) electrons. The van der Waals surface area contributed by atoms with Gasteiger partial charge < -0.3 is 11.1 Å². The molecule has 16 heavy (non-hydrogen) atoms. The van der Waals surface area contributed by atoms with E-state index in [9.17, 15) is 4.79 Å². The Morgan fingerprint density at radius 3 is 2.88 bits per heavy atom. The van der Waals surface area contributed by atoms with Crippen molar-refractivity contribution in [1.82, 2.24) is 10.3 Å². The van der Waals surface area contributed by atoms with Gasteiger partial charge in [0.15, 0.2) is 0 Å². The summed E-state index contributed by atoms with van der Waals surface area (Å²) in [5, 5.41) is 3.03. The highest BCUT2D eigenvalue weighted by Gasteiger charge is 2.37. The van der Waals surface area contributed by atoms with Crippen LogP contribution in [-0.4, -0.2) is 23.0 Å². The Bertz CT molecular complexity index is 393. The summed E-state index contributed by atoms with van der Waals surface area (Å²) in [6, 6.07) is 3.57. The lowest BCUT2D eigenvalue weighted by molar-refractivity contribution is 0.0836. The van der Waals surface area contributed by atoms with Gasteiger partial charge in [-0.2, -0.15) is 0 Å². The number of hydrogen-bond acceptors (Lipinski definition) is 3. The van der Waals surface area contributed by atoms with E-state index in [1.54, 1.807) is 18.3 Å². The number of nitrogens with zero attached hydrogens (tertiary/aromatic N) is 1. The first-order chi connectivity index (χ1) is 7.67. The minimum Gasteiger partial charge on any atom is -0.345 e. The lowest BCUT2D eigenvalue weighted by Crippen LogP contribution is -2.58. The zero-order valence-electron chi connectivity index (χ0n) is 9.49. The van der Waals surface area contributed by atoms with Crippen LogP contribution in [0.5, 0.6) is 0 Å². The van der Waals surface area contributed by atoms with Gasteiger partial charge in [0.05, 0.1) is 11.1 Å². The Morgan fingerprint density at radius 2 is 2.38 bits per heavy atom. The summed E-state index contributed by atoms with van der Waals surface area (Å²) in [5.74, 6) is -0.0595. The summed E-state index contributed by atoms with van der Waals surface area (Å²) < 4.78 is 0. The average Bonchev–Trinajstić information content (AvgIpc) is 2.24. The van der Waals surface area contributed by atoms with E-state index in [0.717, 1.165) is 25.0 Å². The maximum Gasteiger partial charge on any atom is 0.253 e. The standard InChI is InChI=1S/C12H17N3O/c1-9-10(4-2-7-14-9)11(16)15-12(8-13)5-3-6-12/h2,4,7H,3,5-6,8,13H2,1H3,(H,15,16). The minimum absolute atomic E-state index is 0.0595. The molecule has 0 bridgehead atoms. The molecule has 0 unspecified atom stereocenters. The summed E-state index contributed by atoms with van der Waals surface area (Å²) in [6.07, 6.45) is 4.79. The van der Waals surface area contributed by atoms with Gasteiger partial charge in [-0.25, -0.2) is 0 Å². The molecule has 1 heterocycles. The van der Waals surface area contributed by atoms with Crippen molar-refractivity contribution >= 4 is 5.91 Å². The number of nitrogens with one attached hydrogen (secondary N) is 1. The normalized spacial score (nSPS) is 17.6. The largest absolute Gasteiger partial charge is 0.345 e. The molecule has 1 fully saturated rings. The Hall–Kier alpha value is -1.42. The summed E-state index contributed by atoms with van der Waals surface area (Å²) in [5.41, 5.74) is 6.93. The van der Waals surface area contributed by atoms with Crippen molar-refractivity contribution < 1.29 is 4.79 Å². The zero-order valence-corrected chi connectivity index (χ0v) is 9.49. The van der Waals surface area contributed by atoms with Crippen LogP contribution in [0.1, 0.15) is 35.3 Å². The van der Waals surface area contributed by atoms with E-state index < -0.39 is 0 Å². The molecule has 1 amide bonds. The first kappa shape index (κ1) is 11.1. The van der Waals surface area contributed by atoms with Crippen LogP contribution in [-0.2, 0) is 0 Å². The quantitative estimate of drug-likeness (QED) is 0.797. The molecule has 0 spiro atoms. The minimum atomic E-state index is -0.167. The molecule has 1 aromatic rings. The maximum absolute atomic E-state index is 12.0.